The lowest BCUT2D eigenvalue weighted by molar-refractivity contribution is -0.139. The molecule has 0 radical (unpaired) electrons. The van der Waals surface area contributed by atoms with Gasteiger partial charge in [0.25, 0.3) is 5.91 Å². The molecule has 0 aliphatic rings. The summed E-state index contributed by atoms with van der Waals surface area (Å²) < 4.78 is 5.65. The molecule has 1 unspecified atom stereocenters. The molecule has 0 bridgehead atoms. The number of ether oxygens (including phenoxy) is 1. The molecule has 1 atom stereocenters. The second kappa shape index (κ2) is 8.92. The number of aryl methyl sites for hydroxylation is 1. The molecule has 0 heterocycles. The Morgan fingerprint density at radius 1 is 1.15 bits per heavy atom. The molecule has 2 aromatic rings. The fourth-order valence-electron chi connectivity index (χ4n) is 2.34. The first-order valence-electron chi connectivity index (χ1n) is 8.00. The molecule has 0 saturated carbocycles. The van der Waals surface area contributed by atoms with Crippen LogP contribution in [0.5, 0.6) is 5.75 Å². The molecule has 0 spiro atoms. The van der Waals surface area contributed by atoms with E-state index in [9.17, 15) is 9.59 Å². The number of nitrogens with one attached hydrogen (secondary N) is 1. The molecule has 7 heteroatoms. The summed E-state index contributed by atoms with van der Waals surface area (Å²) in [5.41, 5.74) is 1.36. The topological polar surface area (TPSA) is 58.6 Å². The van der Waals surface area contributed by atoms with Gasteiger partial charge in [-0.3, -0.25) is 9.59 Å². The van der Waals surface area contributed by atoms with E-state index in [-0.39, 0.29) is 12.5 Å². The Bertz CT molecular complexity index is 791. The summed E-state index contributed by atoms with van der Waals surface area (Å²) in [6.07, 6.45) is -0.724. The van der Waals surface area contributed by atoms with Crippen LogP contribution in [0.3, 0.4) is 0 Å². The third kappa shape index (κ3) is 5.38. The van der Waals surface area contributed by atoms with Crippen LogP contribution >= 0.6 is 23.2 Å². The second-order valence-electron chi connectivity index (χ2n) is 5.92. The van der Waals surface area contributed by atoms with Crippen molar-refractivity contribution >= 4 is 40.7 Å². The van der Waals surface area contributed by atoms with Gasteiger partial charge >= 0.3 is 0 Å². The van der Waals surface area contributed by atoms with Gasteiger partial charge in [0.2, 0.25) is 5.91 Å². The number of carbonyl (C=O) groups is 2. The summed E-state index contributed by atoms with van der Waals surface area (Å²) >= 11 is 12.1. The SMILES string of the molecule is Cc1cccc(OC(C)C(=O)N(C)CC(=O)Nc2c(Cl)cccc2Cl)c1. The molecule has 0 aliphatic carbocycles. The molecule has 138 valence electrons. The fraction of sp³-hybridized carbons (Fsp3) is 0.263. The molecule has 1 N–H and O–H groups in total. The van der Waals surface area contributed by atoms with Crippen molar-refractivity contribution in [2.24, 2.45) is 0 Å². The summed E-state index contributed by atoms with van der Waals surface area (Å²) in [6, 6.07) is 12.3. The summed E-state index contributed by atoms with van der Waals surface area (Å²) in [6.45, 7) is 3.43. The van der Waals surface area contributed by atoms with Crippen molar-refractivity contribution in [1.29, 1.82) is 0 Å². The van der Waals surface area contributed by atoms with Crippen molar-refractivity contribution in [3.8, 4) is 5.75 Å². The highest BCUT2D eigenvalue weighted by Gasteiger charge is 2.21. The molecule has 2 amide bonds. The summed E-state index contributed by atoms with van der Waals surface area (Å²) in [5.74, 6) is -0.114. The Morgan fingerprint density at radius 3 is 2.38 bits per heavy atom. The Kier molecular flexibility index (Phi) is 6.89. The minimum Gasteiger partial charge on any atom is -0.481 e. The van der Waals surface area contributed by atoms with Crippen LogP contribution in [0.15, 0.2) is 42.5 Å². The van der Waals surface area contributed by atoms with Crippen molar-refractivity contribution < 1.29 is 14.3 Å². The maximum Gasteiger partial charge on any atom is 0.263 e. The van der Waals surface area contributed by atoms with Crippen LogP contribution in [-0.2, 0) is 9.59 Å². The Morgan fingerprint density at radius 2 is 1.77 bits per heavy atom. The standard InChI is InChI=1S/C19H20Cl2N2O3/c1-12-6-4-7-14(10-12)26-13(2)19(25)23(3)11-17(24)22-18-15(20)8-5-9-16(18)21/h4-10,13H,11H2,1-3H3,(H,22,24). The number of benzene rings is 2. The number of amides is 2. The molecule has 0 aromatic heterocycles. The average Bonchev–Trinajstić information content (AvgIpc) is 2.57. The molecule has 2 rings (SSSR count). The zero-order valence-electron chi connectivity index (χ0n) is 14.8. The molecule has 26 heavy (non-hydrogen) atoms. The van der Waals surface area contributed by atoms with E-state index >= 15 is 0 Å². The molecule has 0 fully saturated rings. The largest absolute Gasteiger partial charge is 0.481 e. The van der Waals surface area contributed by atoms with E-state index in [1.165, 1.54) is 11.9 Å². The van der Waals surface area contributed by atoms with Crippen molar-refractivity contribution in [2.75, 3.05) is 18.9 Å². The fourth-order valence-corrected chi connectivity index (χ4v) is 2.83. The number of carbonyl (C=O) groups excluding carboxylic acids is 2. The van der Waals surface area contributed by atoms with Gasteiger partial charge in [0.05, 0.1) is 22.3 Å². The number of hydrogen-bond donors (Lipinski definition) is 1. The number of halogens is 2. The number of rotatable bonds is 6. The van der Waals surface area contributed by atoms with Gasteiger partial charge in [-0.15, -0.1) is 0 Å². The third-order valence-electron chi connectivity index (χ3n) is 3.63. The van der Waals surface area contributed by atoms with Gasteiger partial charge in [0.15, 0.2) is 6.10 Å². The smallest absolute Gasteiger partial charge is 0.263 e. The van der Waals surface area contributed by atoms with E-state index in [1.807, 2.05) is 25.1 Å². The highest BCUT2D eigenvalue weighted by molar-refractivity contribution is 6.39. The molecule has 0 aliphatic heterocycles. The first-order valence-corrected chi connectivity index (χ1v) is 8.75. The highest BCUT2D eigenvalue weighted by Crippen LogP contribution is 2.29. The van der Waals surface area contributed by atoms with E-state index in [0.29, 0.717) is 21.5 Å². The van der Waals surface area contributed by atoms with Gasteiger partial charge in [-0.1, -0.05) is 41.4 Å². The number of hydrogen-bond acceptors (Lipinski definition) is 3. The normalized spacial score (nSPS) is 11.6. The molecular formula is C19H20Cl2N2O3. The number of anilines is 1. The Labute approximate surface area is 162 Å². The zero-order valence-corrected chi connectivity index (χ0v) is 16.3. The van der Waals surface area contributed by atoms with Crippen LogP contribution in [0.1, 0.15) is 12.5 Å². The van der Waals surface area contributed by atoms with Gasteiger partial charge in [-0.25, -0.2) is 0 Å². The molecular weight excluding hydrogens is 375 g/mol. The van der Waals surface area contributed by atoms with Crippen molar-refractivity contribution in [3.63, 3.8) is 0 Å². The number of likely N-dealkylation sites (N-methyl/N-ethyl adjacent to an activating group) is 1. The van der Waals surface area contributed by atoms with Gasteiger partial charge in [0.1, 0.15) is 5.75 Å². The first kappa shape index (κ1) is 20.1. The van der Waals surface area contributed by atoms with Gasteiger partial charge in [0, 0.05) is 7.05 Å². The van der Waals surface area contributed by atoms with Crippen LogP contribution in [0, 0.1) is 6.92 Å². The highest BCUT2D eigenvalue weighted by atomic mass is 35.5. The van der Waals surface area contributed by atoms with E-state index in [0.717, 1.165) is 5.56 Å². The summed E-state index contributed by atoms with van der Waals surface area (Å²) in [5, 5.41) is 3.28. The predicted octanol–water partition coefficient (Wildman–Crippen LogP) is 4.17. The predicted molar refractivity (Wildman–Crippen MR) is 104 cm³/mol. The number of para-hydroxylation sites is 1. The average molecular weight is 395 g/mol. The van der Waals surface area contributed by atoms with Crippen LogP contribution in [0.4, 0.5) is 5.69 Å². The maximum atomic E-state index is 12.4. The Hall–Kier alpha value is -2.24. The number of nitrogens with zero attached hydrogens (tertiary/aromatic N) is 1. The lowest BCUT2D eigenvalue weighted by Gasteiger charge is -2.22. The molecule has 5 nitrogen and oxygen atoms in total. The monoisotopic (exact) mass is 394 g/mol. The maximum absolute atomic E-state index is 12.4. The van der Waals surface area contributed by atoms with Crippen molar-refractivity contribution in [2.45, 2.75) is 20.0 Å². The summed E-state index contributed by atoms with van der Waals surface area (Å²) in [4.78, 5) is 25.9. The van der Waals surface area contributed by atoms with Gasteiger partial charge < -0.3 is 15.0 Å². The quantitative estimate of drug-likeness (QED) is 0.799. The summed E-state index contributed by atoms with van der Waals surface area (Å²) in [7, 11) is 1.53. The van der Waals surface area contributed by atoms with Crippen molar-refractivity contribution in [3.05, 3.63) is 58.1 Å². The van der Waals surface area contributed by atoms with E-state index < -0.39 is 12.0 Å². The van der Waals surface area contributed by atoms with E-state index in [2.05, 4.69) is 5.32 Å². The second-order valence-corrected chi connectivity index (χ2v) is 6.73. The lowest BCUT2D eigenvalue weighted by atomic mass is 10.2. The first-order chi connectivity index (χ1) is 12.3. The van der Waals surface area contributed by atoms with Crippen LogP contribution in [0.25, 0.3) is 0 Å². The third-order valence-corrected chi connectivity index (χ3v) is 4.26. The van der Waals surface area contributed by atoms with Crippen LogP contribution in [0.2, 0.25) is 10.0 Å². The van der Waals surface area contributed by atoms with Gasteiger partial charge in [-0.2, -0.15) is 0 Å². The van der Waals surface area contributed by atoms with E-state index in [1.54, 1.807) is 31.2 Å². The lowest BCUT2D eigenvalue weighted by Crippen LogP contribution is -2.42. The zero-order chi connectivity index (χ0) is 19.3. The Balaban J connectivity index is 1.94. The van der Waals surface area contributed by atoms with Crippen LogP contribution < -0.4 is 10.1 Å². The van der Waals surface area contributed by atoms with E-state index in [4.69, 9.17) is 27.9 Å². The van der Waals surface area contributed by atoms with Crippen LogP contribution in [-0.4, -0.2) is 36.4 Å². The molecule has 0 saturated heterocycles. The minimum absolute atomic E-state index is 0.151. The van der Waals surface area contributed by atoms with Gasteiger partial charge in [-0.05, 0) is 43.7 Å². The van der Waals surface area contributed by atoms with Crippen molar-refractivity contribution in [1.82, 2.24) is 4.90 Å². The minimum atomic E-state index is -0.724. The molecule has 2 aromatic carbocycles.